The highest BCUT2D eigenvalue weighted by atomic mass is 19.4. The molecule has 12 heteroatoms. The number of carbonyl (C=O) groups excluding carboxylic acids is 2. The van der Waals surface area contributed by atoms with E-state index in [0.29, 0.717) is 0 Å². The Balaban J connectivity index is 2.17. The molecule has 1 aliphatic rings. The summed E-state index contributed by atoms with van der Waals surface area (Å²) in [6.07, 6.45) is -5.42. The molecular formula is C23H24F5N3O4. The first kappa shape index (κ1) is 26.3. The summed E-state index contributed by atoms with van der Waals surface area (Å²) in [6, 6.07) is 4.43. The van der Waals surface area contributed by atoms with Gasteiger partial charge in [0, 0.05) is 35.8 Å². The maximum atomic E-state index is 14.5. The van der Waals surface area contributed by atoms with Crippen LogP contribution in [-0.4, -0.2) is 48.3 Å². The van der Waals surface area contributed by atoms with E-state index >= 15 is 0 Å². The van der Waals surface area contributed by atoms with Crippen molar-refractivity contribution in [1.82, 2.24) is 4.98 Å². The second-order valence-corrected chi connectivity index (χ2v) is 8.29. The number of rotatable bonds is 6. The average Bonchev–Trinajstić information content (AvgIpc) is 3.08. The third-order valence-corrected chi connectivity index (χ3v) is 6.45. The van der Waals surface area contributed by atoms with Crippen molar-refractivity contribution in [2.75, 3.05) is 18.6 Å². The molecule has 2 heterocycles. The molecule has 7 nitrogen and oxygen atoms in total. The lowest BCUT2D eigenvalue weighted by Gasteiger charge is -2.32. The zero-order valence-electron chi connectivity index (χ0n) is 19.3. The number of alkyl halides is 3. The Morgan fingerprint density at radius 2 is 1.91 bits per heavy atom. The van der Waals surface area contributed by atoms with E-state index in [2.05, 4.69) is 4.98 Å². The predicted molar refractivity (Wildman–Crippen MR) is 115 cm³/mol. The van der Waals surface area contributed by atoms with Gasteiger partial charge in [-0.2, -0.15) is 17.6 Å². The lowest BCUT2D eigenvalue weighted by molar-refractivity contribution is -0.272. The van der Waals surface area contributed by atoms with Crippen molar-refractivity contribution in [3.8, 4) is 5.75 Å². The van der Waals surface area contributed by atoms with E-state index in [1.807, 2.05) is 0 Å². The van der Waals surface area contributed by atoms with Gasteiger partial charge >= 0.3 is 6.18 Å². The first-order valence-electron chi connectivity index (χ1n) is 10.6. The summed E-state index contributed by atoms with van der Waals surface area (Å²) < 4.78 is 81.1. The predicted octanol–water partition coefficient (Wildman–Crippen LogP) is 3.96. The largest absolute Gasteiger partial charge is 0.493 e. The summed E-state index contributed by atoms with van der Waals surface area (Å²) in [6.45, 7) is 3.58. The number of hydrogen-bond donors (Lipinski definition) is 1. The smallest absolute Gasteiger partial charge is 0.417 e. The van der Waals surface area contributed by atoms with Crippen molar-refractivity contribution < 1.29 is 41.0 Å². The number of benzene rings is 1. The van der Waals surface area contributed by atoms with E-state index in [1.165, 1.54) is 25.3 Å². The highest BCUT2D eigenvalue weighted by molar-refractivity contribution is 5.99. The Labute approximate surface area is 198 Å². The zero-order valence-corrected chi connectivity index (χ0v) is 19.3. The summed E-state index contributed by atoms with van der Waals surface area (Å²) in [5, 5.41) is 0. The summed E-state index contributed by atoms with van der Waals surface area (Å²) in [5.74, 6) is -7.77. The molecule has 4 atom stereocenters. The second-order valence-electron chi connectivity index (χ2n) is 8.29. The van der Waals surface area contributed by atoms with Crippen LogP contribution in [-0.2, 0) is 9.53 Å². The van der Waals surface area contributed by atoms with Gasteiger partial charge in [0.05, 0.1) is 7.11 Å². The van der Waals surface area contributed by atoms with E-state index in [9.17, 15) is 31.5 Å². The van der Waals surface area contributed by atoms with Crippen LogP contribution in [0.3, 0.4) is 0 Å². The molecule has 0 bridgehead atoms. The van der Waals surface area contributed by atoms with Crippen molar-refractivity contribution in [2.45, 2.75) is 44.6 Å². The highest BCUT2D eigenvalue weighted by Gasteiger charge is 2.66. The van der Waals surface area contributed by atoms with Gasteiger partial charge in [-0.15, -0.1) is 0 Å². The van der Waals surface area contributed by atoms with Crippen LogP contribution in [0, 0.1) is 17.6 Å². The Morgan fingerprint density at radius 1 is 1.26 bits per heavy atom. The number of primary amides is 1. The van der Waals surface area contributed by atoms with Gasteiger partial charge in [0.1, 0.15) is 11.8 Å². The van der Waals surface area contributed by atoms with Crippen LogP contribution in [0.1, 0.15) is 42.7 Å². The molecule has 1 aromatic carbocycles. The number of hydrogen-bond acceptors (Lipinski definition) is 5. The van der Waals surface area contributed by atoms with Crippen LogP contribution in [0.25, 0.3) is 0 Å². The van der Waals surface area contributed by atoms with Crippen molar-refractivity contribution >= 4 is 17.5 Å². The molecule has 0 saturated carbocycles. The number of carbonyl (C=O) groups is 2. The summed E-state index contributed by atoms with van der Waals surface area (Å²) in [7, 11) is 1.04. The number of methoxy groups -OCH3 is 1. The third-order valence-electron chi connectivity index (χ3n) is 6.45. The van der Waals surface area contributed by atoms with E-state index in [1.54, 1.807) is 6.92 Å². The van der Waals surface area contributed by atoms with Crippen molar-refractivity contribution in [3.05, 3.63) is 53.4 Å². The molecule has 1 fully saturated rings. The molecular weight excluding hydrogens is 477 g/mol. The van der Waals surface area contributed by atoms with Crippen molar-refractivity contribution in [3.63, 3.8) is 0 Å². The Kier molecular flexibility index (Phi) is 7.07. The van der Waals surface area contributed by atoms with Crippen LogP contribution in [0.5, 0.6) is 5.75 Å². The SMILES string of the molecule is CCN(C(=O)[C@@H]1O[C@@](C)(C(F)(F)F)[C@@H](C)[C@H]1c1ccc(F)c(F)c1OC)c1ccnc(C(N)=O)c1. The Bertz CT molecular complexity index is 1140. The van der Waals surface area contributed by atoms with Gasteiger partial charge in [0.15, 0.2) is 17.2 Å². The van der Waals surface area contributed by atoms with E-state index < -0.39 is 58.9 Å². The fourth-order valence-corrected chi connectivity index (χ4v) is 4.37. The van der Waals surface area contributed by atoms with E-state index in [-0.39, 0.29) is 23.5 Å². The van der Waals surface area contributed by atoms with Crippen LogP contribution in [0.4, 0.5) is 27.6 Å². The molecule has 0 spiro atoms. The van der Waals surface area contributed by atoms with Crippen molar-refractivity contribution in [1.29, 1.82) is 0 Å². The number of nitrogens with two attached hydrogens (primary N) is 1. The number of anilines is 1. The quantitative estimate of drug-likeness (QED) is 0.605. The minimum absolute atomic E-state index is 0.0142. The minimum Gasteiger partial charge on any atom is -0.493 e. The highest BCUT2D eigenvalue weighted by Crippen LogP contribution is 2.55. The number of pyridine rings is 1. The summed E-state index contributed by atoms with van der Waals surface area (Å²) in [5.41, 5.74) is 2.30. The maximum Gasteiger partial charge on any atom is 0.417 e. The minimum atomic E-state index is -4.89. The number of ether oxygens (including phenoxy) is 2. The molecule has 1 aromatic heterocycles. The Morgan fingerprint density at radius 3 is 2.46 bits per heavy atom. The molecule has 3 rings (SSSR count). The number of nitrogens with zero attached hydrogens (tertiary/aromatic N) is 2. The number of halogens is 5. The molecule has 190 valence electrons. The van der Waals surface area contributed by atoms with Gasteiger partial charge in [0.2, 0.25) is 5.82 Å². The first-order chi connectivity index (χ1) is 16.3. The maximum absolute atomic E-state index is 14.5. The van der Waals surface area contributed by atoms with Crippen LogP contribution in [0.15, 0.2) is 30.5 Å². The third kappa shape index (κ3) is 4.42. The fourth-order valence-electron chi connectivity index (χ4n) is 4.37. The fraction of sp³-hybridized carbons (Fsp3) is 0.435. The summed E-state index contributed by atoms with van der Waals surface area (Å²) in [4.78, 5) is 30.1. The van der Waals surface area contributed by atoms with E-state index in [0.717, 1.165) is 31.1 Å². The molecule has 35 heavy (non-hydrogen) atoms. The van der Waals surface area contributed by atoms with Crippen LogP contribution in [0.2, 0.25) is 0 Å². The molecule has 0 aliphatic carbocycles. The molecule has 2 amide bonds. The monoisotopic (exact) mass is 501 g/mol. The second kappa shape index (κ2) is 9.40. The van der Waals surface area contributed by atoms with Crippen LogP contribution >= 0.6 is 0 Å². The topological polar surface area (TPSA) is 94.8 Å². The lowest BCUT2D eigenvalue weighted by atomic mass is 9.76. The van der Waals surface area contributed by atoms with Crippen LogP contribution < -0.4 is 15.4 Å². The molecule has 1 saturated heterocycles. The molecule has 2 aromatic rings. The van der Waals surface area contributed by atoms with Crippen molar-refractivity contribution in [2.24, 2.45) is 11.7 Å². The Hall–Kier alpha value is -3.28. The molecule has 0 unspecified atom stereocenters. The number of amides is 2. The zero-order chi connectivity index (χ0) is 26.3. The first-order valence-corrected chi connectivity index (χ1v) is 10.6. The van der Waals surface area contributed by atoms with Gasteiger partial charge in [-0.3, -0.25) is 14.6 Å². The molecule has 0 radical (unpaired) electrons. The average molecular weight is 501 g/mol. The standard InChI is InChI=1S/C23H24F5N3O4/c1-5-31(12-8-9-30-15(10-12)20(29)32)21(33)19-16(11(2)22(3,35-19)23(26,27)28)13-6-7-14(24)17(25)18(13)34-4/h6-11,16,19H,5H2,1-4H3,(H2,29,32)/t11-,16-,19+,22+/m0/s1. The van der Waals surface area contributed by atoms with Gasteiger partial charge in [-0.25, -0.2) is 4.39 Å². The lowest BCUT2D eigenvalue weighted by Crippen LogP contribution is -2.48. The van der Waals surface area contributed by atoms with Gasteiger partial charge in [-0.05, 0) is 32.0 Å². The normalized spacial score (nSPS) is 24.3. The van der Waals surface area contributed by atoms with E-state index in [4.69, 9.17) is 15.2 Å². The summed E-state index contributed by atoms with van der Waals surface area (Å²) >= 11 is 0. The van der Waals surface area contributed by atoms with Gasteiger partial charge in [0.25, 0.3) is 11.8 Å². The molecule has 2 N–H and O–H groups in total. The number of likely N-dealkylation sites (N-methyl/N-ethyl adjacent to an activating group) is 1. The number of aromatic nitrogens is 1. The van der Waals surface area contributed by atoms with Gasteiger partial charge in [-0.1, -0.05) is 13.0 Å². The van der Waals surface area contributed by atoms with Gasteiger partial charge < -0.3 is 20.1 Å². The molecule has 1 aliphatic heterocycles.